The summed E-state index contributed by atoms with van der Waals surface area (Å²) in [5.74, 6) is 0.420. The van der Waals surface area contributed by atoms with Gasteiger partial charge in [0.05, 0.1) is 12.2 Å². The van der Waals surface area contributed by atoms with Crippen molar-refractivity contribution in [3.63, 3.8) is 0 Å². The number of anilines is 3. The number of nitrogens with zero attached hydrogens (tertiary/aromatic N) is 3. The van der Waals surface area contributed by atoms with Crippen LogP contribution in [0.25, 0.3) is 10.3 Å². The van der Waals surface area contributed by atoms with Crippen LogP contribution >= 0.6 is 11.3 Å². The van der Waals surface area contributed by atoms with Crippen LogP contribution in [0.1, 0.15) is 17.3 Å². The van der Waals surface area contributed by atoms with Crippen LogP contribution in [0.3, 0.4) is 0 Å². The van der Waals surface area contributed by atoms with Crippen molar-refractivity contribution < 1.29 is 9.53 Å². The van der Waals surface area contributed by atoms with Gasteiger partial charge in [-0.25, -0.2) is 14.8 Å². The number of aromatic nitrogens is 2. The van der Waals surface area contributed by atoms with Gasteiger partial charge in [0.1, 0.15) is 16.2 Å². The molecule has 6 nitrogen and oxygen atoms in total. The van der Waals surface area contributed by atoms with Crippen LogP contribution in [0.4, 0.5) is 16.6 Å². The fourth-order valence-electron chi connectivity index (χ4n) is 2.20. The molecule has 1 aromatic carbocycles. The fourth-order valence-corrected chi connectivity index (χ4v) is 2.90. The Labute approximate surface area is 137 Å². The van der Waals surface area contributed by atoms with Crippen molar-refractivity contribution in [1.29, 1.82) is 0 Å². The molecule has 0 aliphatic heterocycles. The molecule has 0 aliphatic carbocycles. The normalized spacial score (nSPS) is 10.7. The number of rotatable bonds is 4. The van der Waals surface area contributed by atoms with E-state index >= 15 is 0 Å². The Morgan fingerprint density at radius 2 is 2.13 bits per heavy atom. The monoisotopic (exact) mass is 328 g/mol. The number of hydrogen-bond donors (Lipinski definition) is 1. The van der Waals surface area contributed by atoms with Crippen molar-refractivity contribution in [1.82, 2.24) is 9.97 Å². The van der Waals surface area contributed by atoms with E-state index in [9.17, 15) is 4.79 Å². The fraction of sp³-hybridized carbons (Fsp3) is 0.188. The minimum atomic E-state index is -0.332. The minimum absolute atomic E-state index is 0.332. The maximum atomic E-state index is 11.9. The number of carbonyl (C=O) groups is 1. The maximum absolute atomic E-state index is 11.9. The molecule has 0 amide bonds. The van der Waals surface area contributed by atoms with Gasteiger partial charge in [0.25, 0.3) is 0 Å². The molecule has 2 N–H and O–H groups in total. The Kier molecular flexibility index (Phi) is 4.12. The van der Waals surface area contributed by atoms with Crippen molar-refractivity contribution in [2.45, 2.75) is 6.92 Å². The molecule has 0 saturated heterocycles. The lowest BCUT2D eigenvalue weighted by Crippen LogP contribution is -2.12. The Morgan fingerprint density at radius 3 is 2.91 bits per heavy atom. The first-order valence-corrected chi connectivity index (χ1v) is 7.94. The van der Waals surface area contributed by atoms with Gasteiger partial charge in [0, 0.05) is 12.7 Å². The van der Waals surface area contributed by atoms with Gasteiger partial charge in [-0.05, 0) is 37.3 Å². The lowest BCUT2D eigenvalue weighted by molar-refractivity contribution is 0.0526. The number of carbonyl (C=O) groups excluding carboxylic acids is 1. The highest BCUT2D eigenvalue weighted by Crippen LogP contribution is 2.28. The van der Waals surface area contributed by atoms with Gasteiger partial charge in [-0.15, -0.1) is 0 Å². The summed E-state index contributed by atoms with van der Waals surface area (Å²) in [5.41, 5.74) is 7.85. The molecule has 0 aliphatic rings. The molecule has 23 heavy (non-hydrogen) atoms. The van der Waals surface area contributed by atoms with Crippen LogP contribution in [-0.4, -0.2) is 29.6 Å². The summed E-state index contributed by atoms with van der Waals surface area (Å²) in [4.78, 5) is 23.3. The van der Waals surface area contributed by atoms with Crippen LogP contribution in [0.2, 0.25) is 0 Å². The number of nitrogen functional groups attached to an aromatic ring is 1. The number of benzene rings is 1. The first kappa shape index (κ1) is 15.2. The molecule has 0 saturated carbocycles. The predicted octanol–water partition coefficient (Wildman–Crippen LogP) is 3.22. The summed E-state index contributed by atoms with van der Waals surface area (Å²) in [6.07, 6.45) is 0. The van der Waals surface area contributed by atoms with Gasteiger partial charge in [0.15, 0.2) is 5.13 Å². The van der Waals surface area contributed by atoms with Gasteiger partial charge >= 0.3 is 5.97 Å². The second kappa shape index (κ2) is 6.21. The van der Waals surface area contributed by atoms with Crippen molar-refractivity contribution >= 4 is 44.3 Å². The average molecular weight is 328 g/mol. The molecule has 3 aromatic rings. The third kappa shape index (κ3) is 3.09. The molecule has 0 bridgehead atoms. The van der Waals surface area contributed by atoms with E-state index in [1.165, 1.54) is 11.3 Å². The SMILES string of the molecule is CCOC(=O)c1cccc(N(C)c2ccc3nc(N)sc3n2)c1. The number of hydrogen-bond acceptors (Lipinski definition) is 7. The van der Waals surface area contributed by atoms with E-state index in [1.54, 1.807) is 19.1 Å². The van der Waals surface area contributed by atoms with E-state index in [4.69, 9.17) is 10.5 Å². The molecular formula is C16H16N4O2S. The van der Waals surface area contributed by atoms with E-state index in [-0.39, 0.29) is 5.97 Å². The number of esters is 1. The zero-order valence-corrected chi connectivity index (χ0v) is 13.6. The summed E-state index contributed by atoms with van der Waals surface area (Å²) in [7, 11) is 1.89. The van der Waals surface area contributed by atoms with Crippen LogP contribution in [0, 0.1) is 0 Å². The van der Waals surface area contributed by atoms with Crippen LogP contribution in [0.5, 0.6) is 0 Å². The highest BCUT2D eigenvalue weighted by molar-refractivity contribution is 7.21. The second-order valence-corrected chi connectivity index (χ2v) is 5.88. The number of nitrogens with two attached hydrogens (primary N) is 1. The molecule has 0 unspecified atom stereocenters. The zero-order valence-electron chi connectivity index (χ0n) is 12.8. The minimum Gasteiger partial charge on any atom is -0.462 e. The first-order valence-electron chi connectivity index (χ1n) is 7.12. The molecule has 2 heterocycles. The predicted molar refractivity (Wildman–Crippen MR) is 92.3 cm³/mol. The molecule has 0 radical (unpaired) electrons. The molecule has 0 spiro atoms. The maximum Gasteiger partial charge on any atom is 0.338 e. The molecule has 0 fully saturated rings. The second-order valence-electron chi connectivity index (χ2n) is 4.88. The van der Waals surface area contributed by atoms with E-state index in [0.29, 0.717) is 17.3 Å². The van der Waals surface area contributed by atoms with Gasteiger partial charge in [-0.3, -0.25) is 0 Å². The lowest BCUT2D eigenvalue weighted by Gasteiger charge is -2.18. The van der Waals surface area contributed by atoms with E-state index in [2.05, 4.69) is 9.97 Å². The van der Waals surface area contributed by atoms with Crippen LogP contribution < -0.4 is 10.6 Å². The van der Waals surface area contributed by atoms with E-state index in [0.717, 1.165) is 21.9 Å². The molecule has 3 rings (SSSR count). The molecule has 118 valence electrons. The van der Waals surface area contributed by atoms with Gasteiger partial charge in [-0.2, -0.15) is 0 Å². The summed E-state index contributed by atoms with van der Waals surface area (Å²) >= 11 is 1.35. The Bertz CT molecular complexity index is 862. The third-order valence-electron chi connectivity index (χ3n) is 3.35. The summed E-state index contributed by atoms with van der Waals surface area (Å²) in [5, 5.41) is 0.497. The highest BCUT2D eigenvalue weighted by Gasteiger charge is 2.12. The molecule has 7 heteroatoms. The lowest BCUT2D eigenvalue weighted by atomic mass is 10.2. The van der Waals surface area contributed by atoms with Gasteiger partial charge in [-0.1, -0.05) is 17.4 Å². The Morgan fingerprint density at radius 1 is 1.30 bits per heavy atom. The summed E-state index contributed by atoms with van der Waals surface area (Å²) in [6, 6.07) is 11.0. The smallest absolute Gasteiger partial charge is 0.338 e. The van der Waals surface area contributed by atoms with Crippen molar-refractivity contribution in [3.05, 3.63) is 42.0 Å². The number of pyridine rings is 1. The molecule has 2 aromatic heterocycles. The number of ether oxygens (including phenoxy) is 1. The summed E-state index contributed by atoms with van der Waals surface area (Å²) in [6.45, 7) is 2.14. The number of thiazole rings is 1. The van der Waals surface area contributed by atoms with Crippen LogP contribution in [0.15, 0.2) is 36.4 Å². The number of fused-ring (bicyclic) bond motifs is 1. The van der Waals surface area contributed by atoms with E-state index in [1.807, 2.05) is 36.2 Å². The Hall–Kier alpha value is -2.67. The highest BCUT2D eigenvalue weighted by atomic mass is 32.1. The average Bonchev–Trinajstić information content (AvgIpc) is 2.93. The summed E-state index contributed by atoms with van der Waals surface area (Å²) < 4.78 is 5.04. The molecule has 0 atom stereocenters. The largest absolute Gasteiger partial charge is 0.462 e. The topological polar surface area (TPSA) is 81.3 Å². The van der Waals surface area contributed by atoms with Gasteiger partial charge in [0.2, 0.25) is 0 Å². The standard InChI is InChI=1S/C16H16N4O2S/c1-3-22-15(21)10-5-4-6-11(9-10)20(2)13-8-7-12-14(19-13)23-16(17)18-12/h4-9H,3H2,1-2H3,(H2,17,18). The van der Waals surface area contributed by atoms with Crippen LogP contribution in [-0.2, 0) is 4.74 Å². The Balaban J connectivity index is 1.93. The van der Waals surface area contributed by atoms with Crippen molar-refractivity contribution in [2.75, 3.05) is 24.3 Å². The van der Waals surface area contributed by atoms with Crippen molar-refractivity contribution in [3.8, 4) is 0 Å². The van der Waals surface area contributed by atoms with E-state index < -0.39 is 0 Å². The molecular weight excluding hydrogens is 312 g/mol. The van der Waals surface area contributed by atoms with Crippen molar-refractivity contribution in [2.24, 2.45) is 0 Å². The first-order chi connectivity index (χ1) is 11.1. The quantitative estimate of drug-likeness (QED) is 0.741. The third-order valence-corrected chi connectivity index (χ3v) is 4.14. The van der Waals surface area contributed by atoms with Gasteiger partial charge < -0.3 is 15.4 Å². The zero-order chi connectivity index (χ0) is 16.4.